The molecule has 0 bridgehead atoms. The lowest BCUT2D eigenvalue weighted by molar-refractivity contribution is -0.133. The standard InChI is InChI=1S/C25H27N9O2/c1-2-36-24-20(13-34(31-24)15-23(35)33-8-7-21-22(14-33)30-32-29-21)18-11-26-25(27-12-18)28-19-9-16-5-3-4-6-17(16)10-19/h3-6,11-13,19H,2,7-10,14-15H2,1H3,(H,26,27,28)(H,29,30,32). The third-order valence-corrected chi connectivity index (χ3v) is 6.68. The summed E-state index contributed by atoms with van der Waals surface area (Å²) in [5.41, 5.74) is 6.10. The number of benzene rings is 1. The van der Waals surface area contributed by atoms with Gasteiger partial charge in [-0.3, -0.25) is 14.6 Å². The van der Waals surface area contributed by atoms with E-state index in [0.717, 1.165) is 35.4 Å². The first-order chi connectivity index (χ1) is 17.7. The Morgan fingerprint density at radius 1 is 1.19 bits per heavy atom. The zero-order chi connectivity index (χ0) is 24.5. The van der Waals surface area contributed by atoms with Gasteiger partial charge in [-0.1, -0.05) is 29.5 Å². The number of hydrogen-bond acceptors (Lipinski definition) is 8. The molecule has 2 N–H and O–H groups in total. The molecule has 4 aromatic rings. The third-order valence-electron chi connectivity index (χ3n) is 6.68. The molecule has 6 rings (SSSR count). The van der Waals surface area contributed by atoms with Gasteiger partial charge in [0.25, 0.3) is 0 Å². The Morgan fingerprint density at radius 2 is 1.97 bits per heavy atom. The number of amides is 1. The number of hydrogen-bond donors (Lipinski definition) is 2. The molecule has 1 aliphatic carbocycles. The van der Waals surface area contributed by atoms with Crippen molar-refractivity contribution in [2.24, 2.45) is 0 Å². The Hall–Kier alpha value is -4.28. The maximum Gasteiger partial charge on any atom is 0.244 e. The number of anilines is 1. The van der Waals surface area contributed by atoms with E-state index in [2.05, 4.69) is 60.1 Å². The van der Waals surface area contributed by atoms with Crippen LogP contribution >= 0.6 is 0 Å². The van der Waals surface area contributed by atoms with Crippen molar-refractivity contribution in [3.8, 4) is 17.0 Å². The first kappa shape index (κ1) is 22.2. The number of aromatic amines is 1. The van der Waals surface area contributed by atoms with E-state index < -0.39 is 0 Å². The van der Waals surface area contributed by atoms with Gasteiger partial charge in [-0.05, 0) is 30.9 Å². The fourth-order valence-electron chi connectivity index (χ4n) is 4.87. The fourth-order valence-corrected chi connectivity index (χ4v) is 4.87. The van der Waals surface area contributed by atoms with Gasteiger partial charge in [0.2, 0.25) is 17.7 Å². The van der Waals surface area contributed by atoms with Gasteiger partial charge in [-0.25, -0.2) is 9.97 Å². The van der Waals surface area contributed by atoms with E-state index in [1.54, 1.807) is 22.0 Å². The number of aromatic nitrogens is 7. The summed E-state index contributed by atoms with van der Waals surface area (Å²) in [6.07, 6.45) is 7.98. The molecule has 0 saturated carbocycles. The van der Waals surface area contributed by atoms with Gasteiger partial charge in [-0.15, -0.1) is 10.2 Å². The minimum Gasteiger partial charge on any atom is -0.476 e. The maximum absolute atomic E-state index is 12.9. The molecule has 1 aromatic carbocycles. The smallest absolute Gasteiger partial charge is 0.244 e. The van der Waals surface area contributed by atoms with Crippen molar-refractivity contribution >= 4 is 11.9 Å². The highest BCUT2D eigenvalue weighted by molar-refractivity contribution is 5.76. The Kier molecular flexibility index (Phi) is 5.80. The van der Waals surface area contributed by atoms with Crippen LogP contribution in [0.3, 0.4) is 0 Å². The predicted molar refractivity (Wildman–Crippen MR) is 131 cm³/mol. The van der Waals surface area contributed by atoms with Crippen molar-refractivity contribution in [2.75, 3.05) is 18.5 Å². The molecule has 4 heterocycles. The molecule has 36 heavy (non-hydrogen) atoms. The Morgan fingerprint density at radius 3 is 2.72 bits per heavy atom. The minimum absolute atomic E-state index is 0.0332. The zero-order valence-electron chi connectivity index (χ0n) is 20.0. The maximum atomic E-state index is 12.9. The number of carbonyl (C=O) groups is 1. The first-order valence-electron chi connectivity index (χ1n) is 12.2. The lowest BCUT2D eigenvalue weighted by atomic mass is 10.1. The lowest BCUT2D eigenvalue weighted by Crippen LogP contribution is -2.38. The Bertz CT molecular complexity index is 1350. The zero-order valence-corrected chi connectivity index (χ0v) is 20.0. The van der Waals surface area contributed by atoms with Crippen LogP contribution in [-0.4, -0.2) is 65.2 Å². The molecule has 1 aliphatic heterocycles. The molecule has 0 atom stereocenters. The van der Waals surface area contributed by atoms with Crippen molar-refractivity contribution < 1.29 is 9.53 Å². The van der Waals surface area contributed by atoms with Crippen molar-refractivity contribution in [3.63, 3.8) is 0 Å². The second-order valence-corrected chi connectivity index (χ2v) is 9.09. The van der Waals surface area contributed by atoms with Crippen molar-refractivity contribution in [1.82, 2.24) is 40.1 Å². The second-order valence-electron chi connectivity index (χ2n) is 9.09. The number of nitrogens with zero attached hydrogens (tertiary/aromatic N) is 7. The van der Waals surface area contributed by atoms with Crippen molar-refractivity contribution in [2.45, 2.75) is 45.3 Å². The summed E-state index contributed by atoms with van der Waals surface area (Å²) >= 11 is 0. The molecule has 0 radical (unpaired) electrons. The molecule has 11 heteroatoms. The van der Waals surface area contributed by atoms with Gasteiger partial charge >= 0.3 is 0 Å². The van der Waals surface area contributed by atoms with Crippen LogP contribution in [0.15, 0.2) is 42.9 Å². The number of H-pyrrole nitrogens is 1. The highest BCUT2D eigenvalue weighted by Gasteiger charge is 2.25. The van der Waals surface area contributed by atoms with Crippen LogP contribution in [0, 0.1) is 0 Å². The van der Waals surface area contributed by atoms with Gasteiger partial charge in [0.1, 0.15) is 12.2 Å². The molecule has 3 aromatic heterocycles. The van der Waals surface area contributed by atoms with E-state index in [1.165, 1.54) is 11.1 Å². The van der Waals surface area contributed by atoms with E-state index >= 15 is 0 Å². The average molecular weight is 486 g/mol. The first-order valence-corrected chi connectivity index (χ1v) is 12.2. The van der Waals surface area contributed by atoms with E-state index in [9.17, 15) is 4.79 Å². The molecule has 0 fully saturated rings. The van der Waals surface area contributed by atoms with E-state index in [-0.39, 0.29) is 18.5 Å². The van der Waals surface area contributed by atoms with Crippen LogP contribution in [-0.2, 0) is 37.1 Å². The predicted octanol–water partition coefficient (Wildman–Crippen LogP) is 2.02. The third kappa shape index (κ3) is 4.39. The summed E-state index contributed by atoms with van der Waals surface area (Å²) in [7, 11) is 0. The summed E-state index contributed by atoms with van der Waals surface area (Å²) in [6.45, 7) is 3.54. The number of rotatable bonds is 7. The summed E-state index contributed by atoms with van der Waals surface area (Å²) in [4.78, 5) is 23.8. The van der Waals surface area contributed by atoms with Crippen molar-refractivity contribution in [3.05, 3.63) is 65.4 Å². The van der Waals surface area contributed by atoms with E-state index in [1.807, 2.05) is 13.1 Å². The van der Waals surface area contributed by atoms with Crippen LogP contribution in [0.5, 0.6) is 5.88 Å². The molecule has 0 unspecified atom stereocenters. The molecule has 11 nitrogen and oxygen atoms in total. The minimum atomic E-state index is -0.0332. The topological polar surface area (TPSA) is 127 Å². The van der Waals surface area contributed by atoms with E-state index in [4.69, 9.17) is 4.74 Å². The lowest BCUT2D eigenvalue weighted by Gasteiger charge is -2.25. The SMILES string of the molecule is CCOc1nn(CC(=O)N2CCc3[nH]nnc3C2)cc1-c1cnc(NC2Cc3ccccc3C2)nc1. The fraction of sp³-hybridized carbons (Fsp3) is 0.360. The van der Waals surface area contributed by atoms with Crippen LogP contribution < -0.4 is 10.1 Å². The summed E-state index contributed by atoms with van der Waals surface area (Å²) in [5.74, 6) is 1.02. The van der Waals surface area contributed by atoms with Gasteiger partial charge < -0.3 is 15.0 Å². The molecular formula is C25H27N9O2. The summed E-state index contributed by atoms with van der Waals surface area (Å²) in [6, 6.07) is 8.79. The highest BCUT2D eigenvalue weighted by Crippen LogP contribution is 2.29. The highest BCUT2D eigenvalue weighted by atomic mass is 16.5. The molecule has 1 amide bonds. The van der Waals surface area contributed by atoms with Gasteiger partial charge in [-0.2, -0.15) is 0 Å². The summed E-state index contributed by atoms with van der Waals surface area (Å²) in [5, 5.41) is 18.7. The number of carbonyl (C=O) groups excluding carboxylic acids is 1. The van der Waals surface area contributed by atoms with Crippen molar-refractivity contribution in [1.29, 1.82) is 0 Å². The average Bonchev–Trinajstić information content (AvgIpc) is 3.62. The largest absolute Gasteiger partial charge is 0.476 e. The van der Waals surface area contributed by atoms with Crippen LogP contribution in [0.2, 0.25) is 0 Å². The molecule has 0 saturated heterocycles. The molecule has 184 valence electrons. The quantitative estimate of drug-likeness (QED) is 0.407. The van der Waals surface area contributed by atoms with E-state index in [0.29, 0.717) is 37.9 Å². The normalized spacial score (nSPS) is 15.0. The molecule has 0 spiro atoms. The van der Waals surface area contributed by atoms with Gasteiger partial charge in [0.05, 0.1) is 24.4 Å². The monoisotopic (exact) mass is 485 g/mol. The van der Waals surface area contributed by atoms with Crippen LogP contribution in [0.25, 0.3) is 11.1 Å². The molecule has 2 aliphatic rings. The number of nitrogens with one attached hydrogen (secondary N) is 2. The van der Waals surface area contributed by atoms with Gasteiger partial charge in [0, 0.05) is 43.2 Å². The summed E-state index contributed by atoms with van der Waals surface area (Å²) < 4.78 is 7.37. The molecular weight excluding hydrogens is 458 g/mol. The number of ether oxygens (including phenoxy) is 1. The Balaban J connectivity index is 1.14. The Labute approximate surface area is 207 Å². The van der Waals surface area contributed by atoms with Gasteiger partial charge in [0.15, 0.2) is 0 Å². The number of fused-ring (bicyclic) bond motifs is 2. The van der Waals surface area contributed by atoms with Crippen LogP contribution in [0.4, 0.5) is 5.95 Å². The second kappa shape index (κ2) is 9.40. The van der Waals surface area contributed by atoms with Crippen LogP contribution in [0.1, 0.15) is 29.4 Å².